The summed E-state index contributed by atoms with van der Waals surface area (Å²) in [6.07, 6.45) is 1.03. The molecule has 3 aromatic carbocycles. The molecule has 3 aromatic rings. The van der Waals surface area contributed by atoms with Crippen molar-refractivity contribution in [2.24, 2.45) is 5.92 Å². The smallest absolute Gasteiger partial charge is 0.271 e. The molecule has 0 saturated carbocycles. The van der Waals surface area contributed by atoms with E-state index in [-0.39, 0.29) is 40.3 Å². The number of sulfonamides is 1. The van der Waals surface area contributed by atoms with Crippen molar-refractivity contribution in [2.75, 3.05) is 23.7 Å². The van der Waals surface area contributed by atoms with Crippen molar-refractivity contribution in [1.82, 2.24) is 10.2 Å². The molecule has 1 N–H and O–H groups in total. The fourth-order valence-electron chi connectivity index (χ4n) is 4.41. The lowest BCUT2D eigenvalue weighted by Gasteiger charge is -2.34. The van der Waals surface area contributed by atoms with Crippen LogP contribution in [0.2, 0.25) is 10.0 Å². The van der Waals surface area contributed by atoms with Gasteiger partial charge in [-0.25, -0.2) is 8.42 Å². The number of amides is 2. The molecule has 1 unspecified atom stereocenters. The molecule has 0 radical (unpaired) electrons. The van der Waals surface area contributed by atoms with Gasteiger partial charge in [-0.2, -0.15) is 0 Å². The summed E-state index contributed by atoms with van der Waals surface area (Å²) in [7, 11) is -4.12. The maximum absolute atomic E-state index is 14.2. The minimum atomic E-state index is -4.12. The number of hydrogen-bond acceptors (Lipinski definition) is 6. The van der Waals surface area contributed by atoms with Crippen LogP contribution in [0, 0.1) is 23.0 Å². The zero-order valence-electron chi connectivity index (χ0n) is 24.3. The van der Waals surface area contributed by atoms with E-state index >= 15 is 0 Å². The molecule has 0 aromatic heterocycles. The van der Waals surface area contributed by atoms with Crippen LogP contribution in [0.1, 0.15) is 30.5 Å². The monoisotopic (exact) mass is 648 g/mol. The van der Waals surface area contributed by atoms with E-state index in [2.05, 4.69) is 5.32 Å². The summed E-state index contributed by atoms with van der Waals surface area (Å²) < 4.78 is 26.9. The van der Waals surface area contributed by atoms with E-state index in [0.717, 1.165) is 22.2 Å². The Hall–Kier alpha value is -3.67. The number of nitro groups is 1. The van der Waals surface area contributed by atoms with Gasteiger partial charge in [0.2, 0.25) is 21.8 Å². The molecule has 0 aliphatic rings. The SMILES string of the molecule is Cc1ccc([N+](=O)[O-])cc1N(CC(=O)N(Cc1c(Cl)cccc1Cl)C(Cc1ccccc1)C(=O)NCC(C)C)S(C)(=O)=O. The molecular weight excluding hydrogens is 615 g/mol. The fraction of sp³-hybridized carbons (Fsp3) is 0.333. The molecule has 0 saturated heterocycles. The molecule has 0 fully saturated rings. The maximum atomic E-state index is 14.2. The van der Waals surface area contributed by atoms with Crippen molar-refractivity contribution in [3.05, 3.63) is 104 Å². The molecule has 43 heavy (non-hydrogen) atoms. The number of aryl methyl sites for hydroxylation is 1. The van der Waals surface area contributed by atoms with Gasteiger partial charge in [0.15, 0.2) is 0 Å². The lowest BCUT2D eigenvalue weighted by Crippen LogP contribution is -2.53. The Bertz CT molecular complexity index is 1560. The van der Waals surface area contributed by atoms with Crippen molar-refractivity contribution in [3.63, 3.8) is 0 Å². The summed E-state index contributed by atoms with van der Waals surface area (Å²) in [5, 5.41) is 14.9. The molecule has 2 amide bonds. The third-order valence-corrected chi connectivity index (χ3v) is 8.53. The number of hydrogen-bond donors (Lipinski definition) is 1. The van der Waals surface area contributed by atoms with Gasteiger partial charge in [0.05, 0.1) is 16.9 Å². The number of benzene rings is 3. The van der Waals surface area contributed by atoms with E-state index in [9.17, 15) is 28.1 Å². The highest BCUT2D eigenvalue weighted by Gasteiger charge is 2.34. The summed E-state index contributed by atoms with van der Waals surface area (Å²) in [5.41, 5.74) is 1.19. The lowest BCUT2D eigenvalue weighted by molar-refractivity contribution is -0.384. The maximum Gasteiger partial charge on any atom is 0.271 e. The highest BCUT2D eigenvalue weighted by Crippen LogP contribution is 2.30. The number of carbonyl (C=O) groups excluding carboxylic acids is 2. The van der Waals surface area contributed by atoms with Gasteiger partial charge in [-0.1, -0.05) is 79.5 Å². The van der Waals surface area contributed by atoms with Crippen molar-refractivity contribution >= 4 is 56.4 Å². The Balaban J connectivity index is 2.14. The van der Waals surface area contributed by atoms with E-state index in [1.165, 1.54) is 17.0 Å². The first-order chi connectivity index (χ1) is 20.2. The summed E-state index contributed by atoms with van der Waals surface area (Å²) in [5.74, 6) is -1.04. The average Bonchev–Trinajstić information content (AvgIpc) is 2.93. The van der Waals surface area contributed by atoms with Crippen LogP contribution < -0.4 is 9.62 Å². The third kappa shape index (κ3) is 9.16. The van der Waals surface area contributed by atoms with E-state index in [0.29, 0.717) is 17.7 Å². The van der Waals surface area contributed by atoms with E-state index in [1.54, 1.807) is 25.1 Å². The number of nitrogens with one attached hydrogen (secondary N) is 1. The second-order valence-corrected chi connectivity index (χ2v) is 13.3. The predicted molar refractivity (Wildman–Crippen MR) is 169 cm³/mol. The van der Waals surface area contributed by atoms with E-state index < -0.39 is 39.3 Å². The van der Waals surface area contributed by atoms with Gasteiger partial charge >= 0.3 is 0 Å². The molecule has 10 nitrogen and oxygen atoms in total. The molecule has 0 aliphatic heterocycles. The number of halogens is 2. The van der Waals surface area contributed by atoms with Gasteiger partial charge in [0, 0.05) is 47.3 Å². The number of nitro benzene ring substituents is 1. The second-order valence-electron chi connectivity index (χ2n) is 10.6. The number of nitrogens with zero attached hydrogens (tertiary/aromatic N) is 3. The molecule has 13 heteroatoms. The van der Waals surface area contributed by atoms with Crippen LogP contribution in [0.25, 0.3) is 0 Å². The van der Waals surface area contributed by atoms with Crippen LogP contribution >= 0.6 is 23.2 Å². The van der Waals surface area contributed by atoms with Gasteiger partial charge in [-0.15, -0.1) is 0 Å². The summed E-state index contributed by atoms with van der Waals surface area (Å²) in [6.45, 7) is 4.87. The van der Waals surface area contributed by atoms with Crippen LogP contribution in [-0.2, 0) is 32.6 Å². The van der Waals surface area contributed by atoms with Crippen LogP contribution in [0.15, 0.2) is 66.7 Å². The Morgan fingerprint density at radius 1 is 1.00 bits per heavy atom. The summed E-state index contributed by atoms with van der Waals surface area (Å²) in [6, 6.07) is 16.6. The Labute approximate surface area is 261 Å². The fourth-order valence-corrected chi connectivity index (χ4v) is 5.82. The van der Waals surface area contributed by atoms with Gasteiger partial charge in [-0.3, -0.25) is 24.0 Å². The molecule has 1 atom stereocenters. The van der Waals surface area contributed by atoms with E-state index in [4.69, 9.17) is 23.2 Å². The van der Waals surface area contributed by atoms with Gasteiger partial charge in [-0.05, 0) is 36.1 Å². The molecule has 0 spiro atoms. The zero-order valence-corrected chi connectivity index (χ0v) is 26.6. The molecule has 0 bridgehead atoms. The normalized spacial score (nSPS) is 12.1. The Kier molecular flexibility index (Phi) is 11.5. The standard InChI is InChI=1S/C30H34Cl2N4O6S/c1-20(2)17-33-30(38)28(15-22-9-6-5-7-10-22)34(18-24-25(31)11-8-12-26(24)32)29(37)19-35(43(4,41)42)27-16-23(36(39)40)14-13-21(27)3/h5-14,16,20,28H,15,17-19H2,1-4H3,(H,33,38). The Morgan fingerprint density at radius 3 is 2.19 bits per heavy atom. The summed E-state index contributed by atoms with van der Waals surface area (Å²) >= 11 is 12.9. The Morgan fingerprint density at radius 2 is 1.63 bits per heavy atom. The average molecular weight is 650 g/mol. The van der Waals surface area contributed by atoms with Crippen molar-refractivity contribution in [2.45, 2.75) is 39.8 Å². The van der Waals surface area contributed by atoms with Crippen LogP contribution in [0.4, 0.5) is 11.4 Å². The lowest BCUT2D eigenvalue weighted by atomic mass is 10.0. The molecule has 0 heterocycles. The van der Waals surface area contributed by atoms with Crippen molar-refractivity contribution in [3.8, 4) is 0 Å². The number of anilines is 1. The van der Waals surface area contributed by atoms with Crippen molar-refractivity contribution < 1.29 is 22.9 Å². The second kappa shape index (κ2) is 14.7. The molecular formula is C30H34Cl2N4O6S. The van der Waals surface area contributed by atoms with Gasteiger partial charge < -0.3 is 10.2 Å². The first-order valence-electron chi connectivity index (χ1n) is 13.5. The summed E-state index contributed by atoms with van der Waals surface area (Å²) in [4.78, 5) is 40.0. The highest BCUT2D eigenvalue weighted by molar-refractivity contribution is 7.92. The predicted octanol–water partition coefficient (Wildman–Crippen LogP) is 5.39. The number of non-ortho nitro benzene ring substituents is 1. The van der Waals surface area contributed by atoms with Crippen LogP contribution in [-0.4, -0.2) is 55.4 Å². The van der Waals surface area contributed by atoms with Gasteiger partial charge in [0.25, 0.3) is 5.69 Å². The topological polar surface area (TPSA) is 130 Å². The first kappa shape index (κ1) is 33.8. The molecule has 230 valence electrons. The molecule has 3 rings (SSSR count). The molecule has 0 aliphatic carbocycles. The quantitative estimate of drug-likeness (QED) is 0.195. The first-order valence-corrected chi connectivity index (χ1v) is 16.1. The van der Waals surface area contributed by atoms with Crippen LogP contribution in [0.5, 0.6) is 0 Å². The highest BCUT2D eigenvalue weighted by atomic mass is 35.5. The number of carbonyl (C=O) groups is 2. The largest absolute Gasteiger partial charge is 0.354 e. The van der Waals surface area contributed by atoms with E-state index in [1.807, 2.05) is 44.2 Å². The van der Waals surface area contributed by atoms with Crippen molar-refractivity contribution in [1.29, 1.82) is 0 Å². The number of rotatable bonds is 13. The minimum Gasteiger partial charge on any atom is -0.354 e. The minimum absolute atomic E-state index is 0.0235. The zero-order chi connectivity index (χ0) is 31.9. The third-order valence-electron chi connectivity index (χ3n) is 6.70. The van der Waals surface area contributed by atoms with Crippen LogP contribution in [0.3, 0.4) is 0 Å². The van der Waals surface area contributed by atoms with Gasteiger partial charge in [0.1, 0.15) is 12.6 Å².